The van der Waals surface area contributed by atoms with Crippen LogP contribution in [0.15, 0.2) is 57.3 Å². The van der Waals surface area contributed by atoms with Gasteiger partial charge in [0.25, 0.3) is 0 Å². The van der Waals surface area contributed by atoms with Gasteiger partial charge in [-0.2, -0.15) is 4.98 Å². The Kier molecular flexibility index (Phi) is 8.41. The van der Waals surface area contributed by atoms with E-state index >= 15 is 0 Å². The van der Waals surface area contributed by atoms with Crippen LogP contribution in [0.1, 0.15) is 56.8 Å². The second-order valence-corrected chi connectivity index (χ2v) is 10.6. The number of benzene rings is 2. The number of aryl methyl sites for hydroxylation is 1. The molecule has 0 amide bonds. The van der Waals surface area contributed by atoms with Crippen LogP contribution in [-0.2, 0) is 11.4 Å². The predicted molar refractivity (Wildman–Crippen MR) is 147 cm³/mol. The first kappa shape index (κ1) is 26.3. The highest BCUT2D eigenvalue weighted by atomic mass is 79.9. The average Bonchev–Trinajstić information content (AvgIpc) is 3.23. The number of carbonyl (C=O) groups excluding carboxylic acids is 1. The molecule has 0 radical (unpaired) electrons. The zero-order valence-electron chi connectivity index (χ0n) is 21.2. The molecule has 1 unspecified atom stereocenters. The molecule has 3 aromatic rings. The summed E-state index contributed by atoms with van der Waals surface area (Å²) < 4.78 is 14.8. The molecular formula is C27H31BrN4O3S. The number of rotatable bonds is 10. The SMILES string of the molecule is CCCSc1nc2n(n1)C(c1cc(Br)c(OCc3cccc(C)c3)c(OCC)c1)C(C(C)=O)=C(C)N2. The molecule has 1 aliphatic rings. The van der Waals surface area contributed by atoms with E-state index < -0.39 is 6.04 Å². The van der Waals surface area contributed by atoms with Crippen molar-refractivity contribution in [3.63, 3.8) is 0 Å². The van der Waals surface area contributed by atoms with Crippen LogP contribution < -0.4 is 14.8 Å². The van der Waals surface area contributed by atoms with Gasteiger partial charge in [0.05, 0.1) is 11.1 Å². The van der Waals surface area contributed by atoms with E-state index in [1.54, 1.807) is 23.4 Å². The van der Waals surface area contributed by atoms with Crippen molar-refractivity contribution in [2.75, 3.05) is 17.7 Å². The Bertz CT molecular complexity index is 1300. The highest BCUT2D eigenvalue weighted by Crippen LogP contribution is 2.43. The highest BCUT2D eigenvalue weighted by molar-refractivity contribution is 9.10. The maximum absolute atomic E-state index is 12.8. The van der Waals surface area contributed by atoms with Gasteiger partial charge in [0.1, 0.15) is 12.6 Å². The average molecular weight is 572 g/mol. The largest absolute Gasteiger partial charge is 0.490 e. The van der Waals surface area contributed by atoms with E-state index in [9.17, 15) is 4.79 Å². The van der Waals surface area contributed by atoms with Gasteiger partial charge in [0.15, 0.2) is 17.3 Å². The summed E-state index contributed by atoms with van der Waals surface area (Å²) in [4.78, 5) is 17.5. The summed E-state index contributed by atoms with van der Waals surface area (Å²) in [5, 5.41) is 8.71. The van der Waals surface area contributed by atoms with Crippen LogP contribution in [0.25, 0.3) is 0 Å². The molecule has 9 heteroatoms. The van der Waals surface area contributed by atoms with E-state index in [4.69, 9.17) is 14.6 Å². The molecule has 0 spiro atoms. The lowest BCUT2D eigenvalue weighted by Gasteiger charge is -2.28. The summed E-state index contributed by atoms with van der Waals surface area (Å²) in [5.41, 5.74) is 4.53. The maximum Gasteiger partial charge on any atom is 0.227 e. The third-order valence-corrected chi connectivity index (χ3v) is 7.39. The molecule has 190 valence electrons. The molecule has 0 saturated carbocycles. The van der Waals surface area contributed by atoms with E-state index in [-0.39, 0.29) is 5.78 Å². The van der Waals surface area contributed by atoms with Crippen LogP contribution in [0, 0.1) is 6.92 Å². The molecule has 2 heterocycles. The van der Waals surface area contributed by atoms with E-state index in [0.29, 0.717) is 41.4 Å². The van der Waals surface area contributed by atoms with Crippen LogP contribution in [0.3, 0.4) is 0 Å². The van der Waals surface area contributed by atoms with E-state index in [2.05, 4.69) is 52.2 Å². The fraction of sp³-hybridized carbons (Fsp3) is 0.370. The summed E-state index contributed by atoms with van der Waals surface area (Å²) in [7, 11) is 0. The van der Waals surface area contributed by atoms with Crippen LogP contribution >= 0.6 is 27.7 Å². The monoisotopic (exact) mass is 570 g/mol. The molecular weight excluding hydrogens is 540 g/mol. The lowest BCUT2D eigenvalue weighted by atomic mass is 9.93. The Morgan fingerprint density at radius 2 is 2.00 bits per heavy atom. The first-order chi connectivity index (χ1) is 17.3. The standard InChI is InChI=1S/C27H31BrN4O3S/c1-6-11-36-27-30-26-29-17(4)23(18(5)33)24(32(26)31-27)20-13-21(28)25(22(14-20)34-7-2)35-15-19-10-8-9-16(3)12-19/h8-10,12-14,24H,6-7,11,15H2,1-5H3,(H,29,30,31). The molecule has 0 saturated heterocycles. The van der Waals surface area contributed by atoms with Crippen molar-refractivity contribution in [1.29, 1.82) is 0 Å². The summed E-state index contributed by atoms with van der Waals surface area (Å²) in [5.74, 6) is 2.75. The van der Waals surface area contributed by atoms with E-state index in [1.807, 2.05) is 38.1 Å². The van der Waals surface area contributed by atoms with Crippen molar-refractivity contribution < 1.29 is 14.3 Å². The molecule has 1 aliphatic heterocycles. The van der Waals surface area contributed by atoms with Crippen molar-refractivity contribution in [2.45, 2.75) is 58.8 Å². The number of hydrogen-bond donors (Lipinski definition) is 1. The first-order valence-electron chi connectivity index (χ1n) is 12.0. The summed E-state index contributed by atoms with van der Waals surface area (Å²) in [6.07, 6.45) is 1.02. The molecule has 0 bridgehead atoms. The Balaban J connectivity index is 1.76. The van der Waals surface area contributed by atoms with Crippen LogP contribution in [0.4, 0.5) is 5.95 Å². The Morgan fingerprint density at radius 3 is 2.69 bits per heavy atom. The number of carbonyl (C=O) groups is 1. The normalized spacial score (nSPS) is 14.9. The number of nitrogens with one attached hydrogen (secondary N) is 1. The van der Waals surface area contributed by atoms with Gasteiger partial charge in [-0.15, -0.1) is 5.10 Å². The lowest BCUT2D eigenvalue weighted by Crippen LogP contribution is -2.28. The molecule has 36 heavy (non-hydrogen) atoms. The number of hydrogen-bond acceptors (Lipinski definition) is 7. The number of ketones is 1. The van der Waals surface area contributed by atoms with Crippen molar-refractivity contribution in [3.05, 3.63) is 68.8 Å². The zero-order valence-corrected chi connectivity index (χ0v) is 23.6. The number of aromatic nitrogens is 3. The van der Waals surface area contributed by atoms with Crippen molar-refractivity contribution >= 4 is 39.4 Å². The molecule has 4 rings (SSSR count). The number of allylic oxidation sites excluding steroid dienone is 2. The minimum absolute atomic E-state index is 0.0252. The van der Waals surface area contributed by atoms with Gasteiger partial charge >= 0.3 is 0 Å². The topological polar surface area (TPSA) is 78.3 Å². The molecule has 1 N–H and O–H groups in total. The second kappa shape index (κ2) is 11.5. The molecule has 1 aromatic heterocycles. The van der Waals surface area contributed by atoms with Crippen molar-refractivity contribution in [2.24, 2.45) is 0 Å². The lowest BCUT2D eigenvalue weighted by molar-refractivity contribution is -0.114. The Labute approximate surface area is 224 Å². The summed E-state index contributed by atoms with van der Waals surface area (Å²) in [6, 6.07) is 11.7. The van der Waals surface area contributed by atoms with Gasteiger partial charge in [0, 0.05) is 17.0 Å². The Morgan fingerprint density at radius 1 is 1.19 bits per heavy atom. The summed E-state index contributed by atoms with van der Waals surface area (Å²) >= 11 is 5.31. The van der Waals surface area contributed by atoms with Crippen LogP contribution in [-0.4, -0.2) is 32.9 Å². The minimum Gasteiger partial charge on any atom is -0.490 e. The Hall–Kier alpha value is -2.78. The van der Waals surface area contributed by atoms with Crippen molar-refractivity contribution in [3.8, 4) is 11.5 Å². The fourth-order valence-electron chi connectivity index (χ4n) is 4.26. The highest BCUT2D eigenvalue weighted by Gasteiger charge is 2.34. The van der Waals surface area contributed by atoms with Crippen molar-refractivity contribution in [1.82, 2.24) is 14.8 Å². The smallest absolute Gasteiger partial charge is 0.227 e. The third kappa shape index (κ3) is 5.62. The zero-order chi connectivity index (χ0) is 25.8. The predicted octanol–water partition coefficient (Wildman–Crippen LogP) is 6.71. The van der Waals surface area contributed by atoms with Crippen LogP contribution in [0.5, 0.6) is 11.5 Å². The number of fused-ring (bicyclic) bond motifs is 1. The third-order valence-electron chi connectivity index (χ3n) is 5.76. The minimum atomic E-state index is -0.441. The van der Waals surface area contributed by atoms with Crippen LogP contribution in [0.2, 0.25) is 0 Å². The number of nitrogens with zero attached hydrogens (tertiary/aromatic N) is 3. The summed E-state index contributed by atoms with van der Waals surface area (Å²) in [6.45, 7) is 10.5. The van der Waals surface area contributed by atoms with Gasteiger partial charge in [-0.1, -0.05) is 48.5 Å². The fourth-order valence-corrected chi connectivity index (χ4v) is 5.51. The molecule has 7 nitrogen and oxygen atoms in total. The second-order valence-electron chi connectivity index (χ2n) is 8.67. The van der Waals surface area contributed by atoms with E-state index in [0.717, 1.165) is 33.5 Å². The maximum atomic E-state index is 12.8. The van der Waals surface area contributed by atoms with Gasteiger partial charge in [-0.25, -0.2) is 4.68 Å². The number of Topliss-reactive ketones (excluding diaryl/α,β-unsaturated/α-hetero) is 1. The number of anilines is 1. The van der Waals surface area contributed by atoms with Gasteiger partial charge in [-0.3, -0.25) is 4.79 Å². The van der Waals surface area contributed by atoms with Gasteiger partial charge < -0.3 is 14.8 Å². The number of thioether (sulfide) groups is 1. The number of halogens is 1. The molecule has 2 aromatic carbocycles. The van der Waals surface area contributed by atoms with E-state index in [1.165, 1.54) is 5.56 Å². The quantitative estimate of drug-likeness (QED) is 0.271. The van der Waals surface area contributed by atoms with Gasteiger partial charge in [-0.05, 0) is 73.3 Å². The van der Waals surface area contributed by atoms with Gasteiger partial charge in [0.2, 0.25) is 11.1 Å². The molecule has 0 aliphatic carbocycles. The molecule has 1 atom stereocenters. The number of ether oxygens (including phenoxy) is 2. The molecule has 0 fully saturated rings. The first-order valence-corrected chi connectivity index (χ1v) is 13.8.